The van der Waals surface area contributed by atoms with Crippen molar-refractivity contribution in [3.63, 3.8) is 0 Å². The summed E-state index contributed by atoms with van der Waals surface area (Å²) in [4.78, 5) is 19.5. The predicted octanol–water partition coefficient (Wildman–Crippen LogP) is 4.82. The molecule has 156 valence electrons. The van der Waals surface area contributed by atoms with E-state index in [1.807, 2.05) is 42.5 Å². The Balaban J connectivity index is 1.42. The third-order valence-electron chi connectivity index (χ3n) is 5.57. The lowest BCUT2D eigenvalue weighted by molar-refractivity contribution is -0.123. The Morgan fingerprint density at radius 3 is 2.73 bits per heavy atom. The third-order valence-corrected chi connectivity index (χ3v) is 5.94. The minimum absolute atomic E-state index is 0.0727. The molecule has 1 aliphatic rings. The van der Waals surface area contributed by atoms with Gasteiger partial charge >= 0.3 is 0 Å². The minimum atomic E-state index is -0.201. The fraction of sp³-hybridized carbons (Fsp3) is 0.333. The summed E-state index contributed by atoms with van der Waals surface area (Å²) < 4.78 is 5.83. The predicted molar refractivity (Wildman–Crippen MR) is 121 cm³/mol. The molecule has 1 fully saturated rings. The monoisotopic (exact) mass is 423 g/mol. The van der Waals surface area contributed by atoms with Crippen molar-refractivity contribution >= 4 is 34.2 Å². The zero-order chi connectivity index (χ0) is 20.9. The van der Waals surface area contributed by atoms with Crippen molar-refractivity contribution in [3.8, 4) is 5.75 Å². The molecule has 3 aromatic rings. The number of nitrogens with one attached hydrogen (secondary N) is 1. The van der Waals surface area contributed by atoms with E-state index in [4.69, 9.17) is 21.3 Å². The quantitative estimate of drug-likeness (QED) is 0.617. The molecule has 4 rings (SSSR count). The summed E-state index contributed by atoms with van der Waals surface area (Å²) in [5.74, 6) is 2.15. The molecule has 0 atom stereocenters. The summed E-state index contributed by atoms with van der Waals surface area (Å²) in [5.41, 5.74) is 1.66. The van der Waals surface area contributed by atoms with Gasteiger partial charge in [-0.2, -0.15) is 0 Å². The Labute approximate surface area is 182 Å². The van der Waals surface area contributed by atoms with E-state index in [9.17, 15) is 4.79 Å². The molecular weight excluding hydrogens is 398 g/mol. The summed E-state index contributed by atoms with van der Waals surface area (Å²) in [5, 5.41) is 4.48. The first-order valence-electron chi connectivity index (χ1n) is 10.4. The fourth-order valence-electron chi connectivity index (χ4n) is 3.67. The van der Waals surface area contributed by atoms with Crippen molar-refractivity contribution in [2.45, 2.75) is 26.3 Å². The first-order chi connectivity index (χ1) is 14.6. The van der Waals surface area contributed by atoms with Gasteiger partial charge in [0.15, 0.2) is 6.61 Å². The van der Waals surface area contributed by atoms with Crippen LogP contribution in [0.5, 0.6) is 5.75 Å². The molecule has 1 aliphatic heterocycles. The Morgan fingerprint density at radius 1 is 1.13 bits per heavy atom. The van der Waals surface area contributed by atoms with Crippen LogP contribution in [0, 0.1) is 5.92 Å². The minimum Gasteiger partial charge on any atom is -0.481 e. The number of halogens is 1. The van der Waals surface area contributed by atoms with Gasteiger partial charge in [-0.1, -0.05) is 48.9 Å². The molecule has 2 heterocycles. The molecule has 1 aromatic heterocycles. The Hall–Kier alpha value is -2.79. The number of aromatic nitrogens is 1. The van der Waals surface area contributed by atoms with Gasteiger partial charge in [0.1, 0.15) is 17.1 Å². The van der Waals surface area contributed by atoms with E-state index >= 15 is 0 Å². The SMILES string of the molecule is CC1CCN(c2ccc3cccc(OCC(=O)NCc4ccccc4Cl)c3n2)CC1. The first kappa shape index (κ1) is 20.5. The zero-order valence-electron chi connectivity index (χ0n) is 17.1. The van der Waals surface area contributed by atoms with Crippen molar-refractivity contribution in [1.29, 1.82) is 0 Å². The molecule has 0 radical (unpaired) electrons. The molecule has 30 heavy (non-hydrogen) atoms. The van der Waals surface area contributed by atoms with E-state index in [1.54, 1.807) is 0 Å². The van der Waals surface area contributed by atoms with Gasteiger partial charge in [-0.05, 0) is 48.6 Å². The first-order valence-corrected chi connectivity index (χ1v) is 10.8. The van der Waals surface area contributed by atoms with Crippen LogP contribution in [0.25, 0.3) is 10.9 Å². The summed E-state index contributed by atoms with van der Waals surface area (Å²) in [7, 11) is 0. The van der Waals surface area contributed by atoms with E-state index in [2.05, 4.69) is 29.3 Å². The Bertz CT molecular complexity index is 1030. The van der Waals surface area contributed by atoms with Crippen LogP contribution in [-0.4, -0.2) is 30.6 Å². The number of para-hydroxylation sites is 1. The smallest absolute Gasteiger partial charge is 0.258 e. The number of piperidine rings is 1. The third kappa shape index (κ3) is 4.85. The standard InChI is InChI=1S/C24H26ClN3O2/c1-17-11-13-28(14-12-17)22-10-9-18-6-4-8-21(24(18)27-22)30-16-23(29)26-15-19-5-2-3-7-20(19)25/h2-10,17H,11-16H2,1H3,(H,26,29). The van der Waals surface area contributed by atoms with Crippen LogP contribution in [0.3, 0.4) is 0 Å². The fourth-order valence-corrected chi connectivity index (χ4v) is 3.87. The number of benzene rings is 2. The van der Waals surface area contributed by atoms with Gasteiger partial charge < -0.3 is 15.0 Å². The molecule has 0 unspecified atom stereocenters. The van der Waals surface area contributed by atoms with Gasteiger partial charge in [0.2, 0.25) is 0 Å². The number of ether oxygens (including phenoxy) is 1. The highest BCUT2D eigenvalue weighted by molar-refractivity contribution is 6.31. The van der Waals surface area contributed by atoms with E-state index < -0.39 is 0 Å². The highest BCUT2D eigenvalue weighted by atomic mass is 35.5. The molecular formula is C24H26ClN3O2. The average molecular weight is 424 g/mol. The average Bonchev–Trinajstić information content (AvgIpc) is 2.77. The van der Waals surface area contributed by atoms with Crippen LogP contribution >= 0.6 is 11.6 Å². The van der Waals surface area contributed by atoms with Crippen LogP contribution in [0.1, 0.15) is 25.3 Å². The Morgan fingerprint density at radius 2 is 1.93 bits per heavy atom. The molecule has 1 amide bonds. The van der Waals surface area contributed by atoms with Gasteiger partial charge in [-0.3, -0.25) is 4.79 Å². The van der Waals surface area contributed by atoms with E-state index in [0.717, 1.165) is 41.3 Å². The normalized spacial score (nSPS) is 14.7. The molecule has 0 bridgehead atoms. The molecule has 0 aliphatic carbocycles. The van der Waals surface area contributed by atoms with Gasteiger partial charge in [0, 0.05) is 30.0 Å². The molecule has 5 nitrogen and oxygen atoms in total. The molecule has 6 heteroatoms. The van der Waals surface area contributed by atoms with Crippen LogP contribution in [0.4, 0.5) is 5.82 Å². The number of nitrogens with zero attached hydrogens (tertiary/aromatic N) is 2. The van der Waals surface area contributed by atoms with Crippen molar-refractivity contribution in [1.82, 2.24) is 10.3 Å². The summed E-state index contributed by atoms with van der Waals surface area (Å²) >= 11 is 6.14. The Kier molecular flexibility index (Phi) is 6.38. The lowest BCUT2D eigenvalue weighted by Crippen LogP contribution is -2.33. The van der Waals surface area contributed by atoms with Gasteiger partial charge in [0.25, 0.3) is 5.91 Å². The molecule has 0 spiro atoms. The topological polar surface area (TPSA) is 54.5 Å². The molecule has 1 saturated heterocycles. The lowest BCUT2D eigenvalue weighted by Gasteiger charge is -2.31. The maximum atomic E-state index is 12.3. The second-order valence-electron chi connectivity index (χ2n) is 7.82. The molecule has 2 aromatic carbocycles. The number of carbonyl (C=O) groups excluding carboxylic acids is 1. The van der Waals surface area contributed by atoms with Crippen LogP contribution in [0.15, 0.2) is 54.6 Å². The van der Waals surface area contributed by atoms with Crippen molar-refractivity contribution in [2.24, 2.45) is 5.92 Å². The summed E-state index contributed by atoms with van der Waals surface area (Å²) in [6.45, 7) is 4.64. The lowest BCUT2D eigenvalue weighted by atomic mass is 9.99. The second kappa shape index (κ2) is 9.35. The number of carbonyl (C=O) groups is 1. The van der Waals surface area contributed by atoms with Gasteiger partial charge in [-0.25, -0.2) is 4.98 Å². The number of anilines is 1. The largest absolute Gasteiger partial charge is 0.481 e. The number of fused-ring (bicyclic) bond motifs is 1. The number of pyridine rings is 1. The maximum absolute atomic E-state index is 12.3. The van der Waals surface area contributed by atoms with Crippen molar-refractivity contribution in [2.75, 3.05) is 24.6 Å². The summed E-state index contributed by atoms with van der Waals surface area (Å²) in [6, 6.07) is 17.4. The maximum Gasteiger partial charge on any atom is 0.258 e. The van der Waals surface area contributed by atoms with Crippen LogP contribution in [-0.2, 0) is 11.3 Å². The van der Waals surface area contributed by atoms with Crippen molar-refractivity contribution < 1.29 is 9.53 Å². The molecule has 0 saturated carbocycles. The number of amides is 1. The van der Waals surface area contributed by atoms with Crippen molar-refractivity contribution in [3.05, 3.63) is 65.2 Å². The van der Waals surface area contributed by atoms with Gasteiger partial charge in [-0.15, -0.1) is 0 Å². The number of rotatable bonds is 6. The van der Waals surface area contributed by atoms with Crippen LogP contribution in [0.2, 0.25) is 5.02 Å². The van der Waals surface area contributed by atoms with Gasteiger partial charge in [0.05, 0.1) is 0 Å². The van der Waals surface area contributed by atoms with E-state index in [0.29, 0.717) is 17.3 Å². The second-order valence-corrected chi connectivity index (χ2v) is 8.23. The molecule has 1 N–H and O–H groups in total. The highest BCUT2D eigenvalue weighted by Gasteiger charge is 2.18. The van der Waals surface area contributed by atoms with E-state index in [1.165, 1.54) is 12.8 Å². The zero-order valence-corrected chi connectivity index (χ0v) is 17.9. The number of hydrogen-bond acceptors (Lipinski definition) is 4. The van der Waals surface area contributed by atoms with Crippen LogP contribution < -0.4 is 15.0 Å². The highest BCUT2D eigenvalue weighted by Crippen LogP contribution is 2.28. The number of hydrogen-bond donors (Lipinski definition) is 1. The summed E-state index contributed by atoms with van der Waals surface area (Å²) in [6.07, 6.45) is 2.37. The van der Waals surface area contributed by atoms with E-state index in [-0.39, 0.29) is 12.5 Å².